The minimum atomic E-state index is -1.23. The van der Waals surface area contributed by atoms with Crippen LogP contribution in [-0.4, -0.2) is 28.7 Å². The van der Waals surface area contributed by atoms with Crippen molar-refractivity contribution < 1.29 is 14.5 Å². The highest BCUT2D eigenvalue weighted by atomic mass is 16.6. The Labute approximate surface area is 103 Å². The Morgan fingerprint density at radius 1 is 1.28 bits per heavy atom. The average molecular weight is 248 g/mol. The zero-order chi connectivity index (χ0) is 13.1. The van der Waals surface area contributed by atoms with Gasteiger partial charge in [-0.15, -0.1) is 0 Å². The molecule has 6 heteroatoms. The number of Topliss-reactive ketones (excluding diaryl/α,β-unsaturated/α-hetero) is 1. The molecule has 1 fully saturated rings. The number of nitro groups is 1. The van der Waals surface area contributed by atoms with Gasteiger partial charge in [0.05, 0.1) is 6.04 Å². The van der Waals surface area contributed by atoms with Gasteiger partial charge in [-0.05, 0) is 6.42 Å². The van der Waals surface area contributed by atoms with E-state index in [0.717, 1.165) is 0 Å². The van der Waals surface area contributed by atoms with Gasteiger partial charge in [-0.1, -0.05) is 30.3 Å². The van der Waals surface area contributed by atoms with Gasteiger partial charge in [-0.2, -0.15) is 0 Å². The number of ketones is 1. The average Bonchev–Trinajstić information content (AvgIpc) is 2.38. The van der Waals surface area contributed by atoms with Gasteiger partial charge in [0.15, 0.2) is 5.78 Å². The highest BCUT2D eigenvalue weighted by Crippen LogP contribution is 2.15. The summed E-state index contributed by atoms with van der Waals surface area (Å²) in [5, 5.41) is 13.0. The van der Waals surface area contributed by atoms with Crippen LogP contribution in [0.1, 0.15) is 23.2 Å². The first-order valence-corrected chi connectivity index (χ1v) is 5.62. The lowest BCUT2D eigenvalue weighted by atomic mass is 9.94. The second-order valence-electron chi connectivity index (χ2n) is 4.17. The van der Waals surface area contributed by atoms with Crippen molar-refractivity contribution in [1.82, 2.24) is 5.32 Å². The van der Waals surface area contributed by atoms with E-state index in [2.05, 4.69) is 5.32 Å². The Bertz CT molecular complexity index is 486. The smallest absolute Gasteiger partial charge is 0.295 e. The molecule has 1 amide bonds. The van der Waals surface area contributed by atoms with Crippen molar-refractivity contribution in [2.75, 3.05) is 0 Å². The molecule has 0 radical (unpaired) electrons. The number of benzene rings is 1. The largest absolute Gasteiger partial charge is 0.340 e. The van der Waals surface area contributed by atoms with Crippen LogP contribution in [0.25, 0.3) is 0 Å². The van der Waals surface area contributed by atoms with E-state index in [1.165, 1.54) is 0 Å². The summed E-state index contributed by atoms with van der Waals surface area (Å²) in [6, 6.07) is 6.69. The normalized spacial score (nSPS) is 23.2. The summed E-state index contributed by atoms with van der Waals surface area (Å²) in [4.78, 5) is 33.5. The summed E-state index contributed by atoms with van der Waals surface area (Å²) >= 11 is 0. The highest BCUT2D eigenvalue weighted by molar-refractivity contribution is 6.02. The standard InChI is InChI=1S/C12H12N2O4/c15-11(8-4-2-1-3-5-8)9-6-7-10(14(17)18)12(16)13-9/h1-5,9-10H,6-7H2,(H,13,16). The summed E-state index contributed by atoms with van der Waals surface area (Å²) in [6.07, 6.45) is 0.396. The van der Waals surface area contributed by atoms with E-state index in [0.29, 0.717) is 12.0 Å². The SMILES string of the molecule is O=C(c1ccccc1)C1CCC([N+](=O)[O-])C(=O)N1. The number of carbonyl (C=O) groups excluding carboxylic acids is 2. The molecule has 1 aromatic rings. The Balaban J connectivity index is 2.07. The highest BCUT2D eigenvalue weighted by Gasteiger charge is 2.38. The molecule has 0 aromatic heterocycles. The number of hydrogen-bond donors (Lipinski definition) is 1. The van der Waals surface area contributed by atoms with Crippen LogP contribution in [0.5, 0.6) is 0 Å². The third-order valence-electron chi connectivity index (χ3n) is 2.98. The summed E-state index contributed by atoms with van der Waals surface area (Å²) in [5.74, 6) is -0.883. The molecule has 1 heterocycles. The van der Waals surface area contributed by atoms with E-state index < -0.39 is 22.9 Å². The number of nitrogens with zero attached hydrogens (tertiary/aromatic N) is 1. The molecular formula is C12H12N2O4. The van der Waals surface area contributed by atoms with E-state index in [1.54, 1.807) is 30.3 Å². The number of carbonyl (C=O) groups is 2. The molecule has 0 aliphatic carbocycles. The fraction of sp³-hybridized carbons (Fsp3) is 0.333. The number of rotatable bonds is 3. The minimum Gasteiger partial charge on any atom is -0.340 e. The molecule has 0 saturated carbocycles. The first kappa shape index (κ1) is 12.2. The summed E-state index contributed by atoms with van der Waals surface area (Å²) in [6.45, 7) is 0. The molecule has 0 spiro atoms. The van der Waals surface area contributed by atoms with Gasteiger partial charge in [-0.3, -0.25) is 19.7 Å². The van der Waals surface area contributed by atoms with Crippen molar-refractivity contribution >= 4 is 11.7 Å². The number of amides is 1. The first-order valence-electron chi connectivity index (χ1n) is 5.62. The molecule has 1 N–H and O–H groups in total. The monoisotopic (exact) mass is 248 g/mol. The molecule has 1 aliphatic heterocycles. The van der Waals surface area contributed by atoms with Crippen LogP contribution in [0.2, 0.25) is 0 Å². The molecule has 1 saturated heterocycles. The predicted molar refractivity (Wildman–Crippen MR) is 62.7 cm³/mol. The third kappa shape index (κ3) is 2.37. The molecule has 0 bridgehead atoms. The zero-order valence-electron chi connectivity index (χ0n) is 9.54. The lowest BCUT2D eigenvalue weighted by Gasteiger charge is -2.23. The molecule has 2 rings (SSSR count). The summed E-state index contributed by atoms with van der Waals surface area (Å²) in [7, 11) is 0. The van der Waals surface area contributed by atoms with Crippen molar-refractivity contribution in [3.8, 4) is 0 Å². The first-order chi connectivity index (χ1) is 8.59. The molecule has 2 unspecified atom stereocenters. The molecule has 1 aromatic carbocycles. The fourth-order valence-electron chi connectivity index (χ4n) is 2.00. The minimum absolute atomic E-state index is 0.0993. The number of piperidine rings is 1. The number of hydrogen-bond acceptors (Lipinski definition) is 4. The van der Waals surface area contributed by atoms with Gasteiger partial charge >= 0.3 is 0 Å². The van der Waals surface area contributed by atoms with E-state index in [-0.39, 0.29) is 12.2 Å². The Kier molecular flexibility index (Phi) is 3.36. The second-order valence-corrected chi connectivity index (χ2v) is 4.17. The number of nitrogens with one attached hydrogen (secondary N) is 1. The third-order valence-corrected chi connectivity index (χ3v) is 2.98. The quantitative estimate of drug-likeness (QED) is 0.486. The summed E-state index contributed by atoms with van der Waals surface area (Å²) < 4.78 is 0. The van der Waals surface area contributed by atoms with Gasteiger partial charge in [-0.25, -0.2) is 0 Å². The van der Waals surface area contributed by atoms with Gasteiger partial charge in [0.2, 0.25) is 0 Å². The van der Waals surface area contributed by atoms with Crippen molar-refractivity contribution in [3.05, 3.63) is 46.0 Å². The van der Waals surface area contributed by atoms with Crippen LogP contribution in [0.15, 0.2) is 30.3 Å². The maximum atomic E-state index is 12.0. The van der Waals surface area contributed by atoms with Crippen LogP contribution < -0.4 is 5.32 Å². The molecule has 2 atom stereocenters. The van der Waals surface area contributed by atoms with Crippen molar-refractivity contribution in [3.63, 3.8) is 0 Å². The second kappa shape index (κ2) is 4.95. The maximum Gasteiger partial charge on any atom is 0.295 e. The van der Waals surface area contributed by atoms with E-state index in [4.69, 9.17) is 0 Å². The Morgan fingerprint density at radius 2 is 1.94 bits per heavy atom. The van der Waals surface area contributed by atoms with Crippen LogP contribution in [0.4, 0.5) is 0 Å². The lowest BCUT2D eigenvalue weighted by molar-refractivity contribution is -0.510. The zero-order valence-corrected chi connectivity index (χ0v) is 9.54. The molecule has 18 heavy (non-hydrogen) atoms. The Hall–Kier alpha value is -2.24. The molecule has 6 nitrogen and oxygen atoms in total. The van der Waals surface area contributed by atoms with Crippen LogP contribution >= 0.6 is 0 Å². The van der Waals surface area contributed by atoms with E-state index in [1.807, 2.05) is 0 Å². The van der Waals surface area contributed by atoms with E-state index in [9.17, 15) is 19.7 Å². The van der Waals surface area contributed by atoms with Gasteiger partial charge < -0.3 is 5.32 Å². The predicted octanol–water partition coefficient (Wildman–Crippen LogP) is 0.793. The van der Waals surface area contributed by atoms with Crippen molar-refractivity contribution in [1.29, 1.82) is 0 Å². The van der Waals surface area contributed by atoms with Crippen LogP contribution in [-0.2, 0) is 4.79 Å². The molecular weight excluding hydrogens is 236 g/mol. The van der Waals surface area contributed by atoms with Gasteiger partial charge in [0.25, 0.3) is 11.9 Å². The molecule has 94 valence electrons. The van der Waals surface area contributed by atoms with Gasteiger partial charge in [0, 0.05) is 16.9 Å². The van der Waals surface area contributed by atoms with Crippen molar-refractivity contribution in [2.24, 2.45) is 0 Å². The van der Waals surface area contributed by atoms with Crippen LogP contribution in [0, 0.1) is 10.1 Å². The fourth-order valence-corrected chi connectivity index (χ4v) is 2.00. The van der Waals surface area contributed by atoms with E-state index >= 15 is 0 Å². The molecule has 1 aliphatic rings. The van der Waals surface area contributed by atoms with Gasteiger partial charge in [0.1, 0.15) is 0 Å². The Morgan fingerprint density at radius 3 is 2.50 bits per heavy atom. The summed E-state index contributed by atoms with van der Waals surface area (Å²) in [5.41, 5.74) is 0.502. The van der Waals surface area contributed by atoms with Crippen molar-refractivity contribution in [2.45, 2.75) is 24.9 Å². The topological polar surface area (TPSA) is 89.3 Å². The van der Waals surface area contributed by atoms with Crippen LogP contribution in [0.3, 0.4) is 0 Å². The maximum absolute atomic E-state index is 12.0. The lowest BCUT2D eigenvalue weighted by Crippen LogP contribution is -2.52.